The second-order valence-corrected chi connectivity index (χ2v) is 5.65. The van der Waals surface area contributed by atoms with Gasteiger partial charge in [0, 0.05) is 11.6 Å². The normalized spacial score (nSPS) is 10.6. The predicted molar refractivity (Wildman–Crippen MR) is 96.0 cm³/mol. The summed E-state index contributed by atoms with van der Waals surface area (Å²) in [6.45, 7) is 2.45. The zero-order chi connectivity index (χ0) is 17.5. The van der Waals surface area contributed by atoms with Gasteiger partial charge in [-0.15, -0.1) is 0 Å². The number of rotatable bonds is 7. The van der Waals surface area contributed by atoms with Crippen LogP contribution < -0.4 is 5.32 Å². The first-order valence-electron chi connectivity index (χ1n) is 8.22. The second-order valence-electron chi connectivity index (χ2n) is 5.65. The van der Waals surface area contributed by atoms with E-state index in [1.54, 1.807) is 6.07 Å². The van der Waals surface area contributed by atoms with Crippen LogP contribution in [0, 0.1) is 0 Å². The Bertz CT molecular complexity index is 810. The van der Waals surface area contributed by atoms with Crippen molar-refractivity contribution in [1.29, 1.82) is 0 Å². The number of hydrogen-bond acceptors (Lipinski definition) is 4. The minimum absolute atomic E-state index is 0.0455. The maximum absolute atomic E-state index is 11.9. The maximum Gasteiger partial charge on any atom is 0.252 e. The van der Waals surface area contributed by atoms with Gasteiger partial charge < -0.3 is 9.26 Å². The molecule has 0 aliphatic heterocycles. The molecule has 0 saturated heterocycles. The zero-order valence-corrected chi connectivity index (χ0v) is 14.1. The number of nitrogens with zero attached hydrogens (tertiary/aromatic N) is 1. The fourth-order valence-electron chi connectivity index (χ4n) is 2.39. The van der Waals surface area contributed by atoms with Crippen LogP contribution in [0.15, 0.2) is 65.2 Å². The lowest BCUT2D eigenvalue weighted by atomic mass is 10.1. The second kappa shape index (κ2) is 8.26. The lowest BCUT2D eigenvalue weighted by Gasteiger charge is -2.03. The van der Waals surface area contributed by atoms with Gasteiger partial charge in [0.15, 0.2) is 0 Å². The van der Waals surface area contributed by atoms with Crippen molar-refractivity contribution in [2.75, 3.05) is 11.9 Å². The molecule has 1 amide bonds. The lowest BCUT2D eigenvalue weighted by molar-refractivity contribution is -0.121. The summed E-state index contributed by atoms with van der Waals surface area (Å²) in [7, 11) is 0. The van der Waals surface area contributed by atoms with Crippen molar-refractivity contribution in [2.24, 2.45) is 0 Å². The van der Waals surface area contributed by atoms with Gasteiger partial charge in [-0.05, 0) is 17.5 Å². The number of carbonyl (C=O) groups excluding carboxylic acids is 1. The third kappa shape index (κ3) is 4.78. The number of carbonyl (C=O) groups is 1. The number of ether oxygens (including phenoxy) is 1. The molecule has 0 fully saturated rings. The largest absolute Gasteiger partial charge is 0.367 e. The zero-order valence-electron chi connectivity index (χ0n) is 14.1. The highest BCUT2D eigenvalue weighted by atomic mass is 16.5. The Hall–Kier alpha value is -2.92. The van der Waals surface area contributed by atoms with Crippen molar-refractivity contribution >= 4 is 11.8 Å². The van der Waals surface area contributed by atoms with E-state index < -0.39 is 0 Å². The molecule has 0 aliphatic rings. The van der Waals surface area contributed by atoms with Crippen molar-refractivity contribution in [3.05, 3.63) is 71.8 Å². The molecule has 0 saturated carbocycles. The summed E-state index contributed by atoms with van der Waals surface area (Å²) < 4.78 is 10.6. The van der Waals surface area contributed by atoms with Gasteiger partial charge in [-0.25, -0.2) is 0 Å². The van der Waals surface area contributed by atoms with Gasteiger partial charge in [0.25, 0.3) is 5.91 Å². The number of hydrogen-bond donors (Lipinski definition) is 1. The van der Waals surface area contributed by atoms with Crippen LogP contribution in [-0.2, 0) is 22.6 Å². The molecule has 3 rings (SSSR count). The van der Waals surface area contributed by atoms with E-state index in [1.807, 2.05) is 42.5 Å². The molecular formula is C20H20N2O3. The summed E-state index contributed by atoms with van der Waals surface area (Å²) in [5.74, 6) is 0.0304. The molecule has 25 heavy (non-hydrogen) atoms. The van der Waals surface area contributed by atoms with Crippen molar-refractivity contribution in [2.45, 2.75) is 20.0 Å². The van der Waals surface area contributed by atoms with E-state index in [0.29, 0.717) is 18.2 Å². The standard InChI is InChI=1S/C20H20N2O3/c1-2-15-8-10-17(11-9-15)18-12-20(25-22-18)21-19(23)14-24-13-16-6-4-3-5-7-16/h3-12H,2,13-14H2,1H3,(H,21,23). The molecule has 5 heteroatoms. The fourth-order valence-corrected chi connectivity index (χ4v) is 2.39. The van der Waals surface area contributed by atoms with Gasteiger partial charge in [0.1, 0.15) is 12.3 Å². The first-order valence-corrected chi connectivity index (χ1v) is 8.22. The average Bonchev–Trinajstić information content (AvgIpc) is 3.11. The SMILES string of the molecule is CCc1ccc(-c2cc(NC(=O)COCc3ccccc3)on2)cc1. The van der Waals surface area contributed by atoms with Crippen LogP contribution in [0.2, 0.25) is 0 Å². The average molecular weight is 336 g/mol. The van der Waals surface area contributed by atoms with Gasteiger partial charge in [0.2, 0.25) is 5.88 Å². The molecule has 1 aromatic heterocycles. The third-order valence-electron chi connectivity index (χ3n) is 3.78. The fraction of sp³-hybridized carbons (Fsp3) is 0.200. The summed E-state index contributed by atoms with van der Waals surface area (Å²) in [5.41, 5.74) is 3.91. The van der Waals surface area contributed by atoms with Gasteiger partial charge >= 0.3 is 0 Å². The number of nitrogens with one attached hydrogen (secondary N) is 1. The molecule has 0 radical (unpaired) electrons. The lowest BCUT2D eigenvalue weighted by Crippen LogP contribution is -2.17. The Morgan fingerprint density at radius 2 is 1.84 bits per heavy atom. The predicted octanol–water partition coefficient (Wildman–Crippen LogP) is 4.06. The molecule has 1 N–H and O–H groups in total. The van der Waals surface area contributed by atoms with Crippen LogP contribution in [-0.4, -0.2) is 17.7 Å². The number of anilines is 1. The topological polar surface area (TPSA) is 64.4 Å². The summed E-state index contributed by atoms with van der Waals surface area (Å²) in [4.78, 5) is 11.9. The van der Waals surface area contributed by atoms with Crippen molar-refractivity contribution < 1.29 is 14.1 Å². The maximum atomic E-state index is 11.9. The smallest absolute Gasteiger partial charge is 0.252 e. The minimum Gasteiger partial charge on any atom is -0.367 e. The molecule has 1 heterocycles. The monoisotopic (exact) mass is 336 g/mol. The highest BCUT2D eigenvalue weighted by Crippen LogP contribution is 2.22. The van der Waals surface area contributed by atoms with Gasteiger partial charge in [-0.3, -0.25) is 10.1 Å². The quantitative estimate of drug-likeness (QED) is 0.707. The van der Waals surface area contributed by atoms with E-state index in [9.17, 15) is 4.79 Å². The van der Waals surface area contributed by atoms with E-state index in [0.717, 1.165) is 17.5 Å². The first kappa shape index (κ1) is 16.9. The molecule has 0 spiro atoms. The van der Waals surface area contributed by atoms with E-state index in [4.69, 9.17) is 9.26 Å². The summed E-state index contributed by atoms with van der Waals surface area (Å²) in [6, 6.07) is 19.5. The van der Waals surface area contributed by atoms with E-state index in [1.165, 1.54) is 5.56 Å². The number of benzene rings is 2. The van der Waals surface area contributed by atoms with Crippen LogP contribution in [0.4, 0.5) is 5.88 Å². The van der Waals surface area contributed by atoms with Gasteiger partial charge in [-0.1, -0.05) is 66.7 Å². The molecule has 5 nitrogen and oxygen atoms in total. The Morgan fingerprint density at radius 1 is 1.08 bits per heavy atom. The van der Waals surface area contributed by atoms with Crippen LogP contribution >= 0.6 is 0 Å². The van der Waals surface area contributed by atoms with Crippen LogP contribution in [0.3, 0.4) is 0 Å². The molecule has 2 aromatic carbocycles. The molecule has 3 aromatic rings. The Morgan fingerprint density at radius 3 is 2.56 bits per heavy atom. The van der Waals surface area contributed by atoms with Crippen molar-refractivity contribution in [3.8, 4) is 11.3 Å². The molecule has 0 bridgehead atoms. The van der Waals surface area contributed by atoms with Crippen LogP contribution in [0.5, 0.6) is 0 Å². The molecule has 0 unspecified atom stereocenters. The number of amides is 1. The highest BCUT2D eigenvalue weighted by molar-refractivity contribution is 5.90. The molecule has 128 valence electrons. The Kier molecular flexibility index (Phi) is 5.59. The molecular weight excluding hydrogens is 316 g/mol. The summed E-state index contributed by atoms with van der Waals surface area (Å²) in [5, 5.41) is 6.64. The van der Waals surface area contributed by atoms with E-state index in [2.05, 4.69) is 29.5 Å². The first-order chi connectivity index (χ1) is 12.2. The summed E-state index contributed by atoms with van der Waals surface area (Å²) in [6.07, 6.45) is 0.989. The van der Waals surface area contributed by atoms with Gasteiger partial charge in [0.05, 0.1) is 6.61 Å². The minimum atomic E-state index is -0.278. The molecule has 0 atom stereocenters. The van der Waals surface area contributed by atoms with E-state index in [-0.39, 0.29) is 12.5 Å². The Balaban J connectivity index is 1.51. The summed E-state index contributed by atoms with van der Waals surface area (Å²) >= 11 is 0. The van der Waals surface area contributed by atoms with Crippen LogP contribution in [0.1, 0.15) is 18.1 Å². The molecule has 0 aliphatic carbocycles. The van der Waals surface area contributed by atoms with E-state index >= 15 is 0 Å². The highest BCUT2D eigenvalue weighted by Gasteiger charge is 2.10. The number of aryl methyl sites for hydroxylation is 1. The van der Waals surface area contributed by atoms with Gasteiger partial charge in [-0.2, -0.15) is 0 Å². The Labute approximate surface area is 146 Å². The third-order valence-corrected chi connectivity index (χ3v) is 3.78. The van der Waals surface area contributed by atoms with Crippen molar-refractivity contribution in [1.82, 2.24) is 5.16 Å². The number of aromatic nitrogens is 1. The van der Waals surface area contributed by atoms with Crippen molar-refractivity contribution in [3.63, 3.8) is 0 Å². The van der Waals surface area contributed by atoms with Crippen LogP contribution in [0.25, 0.3) is 11.3 Å².